The molecule has 5 nitrogen and oxygen atoms in total. The number of nitrogens with two attached hydrogens (primary N) is 1. The lowest BCUT2D eigenvalue weighted by molar-refractivity contribution is -0.145. The van der Waals surface area contributed by atoms with Gasteiger partial charge < -0.3 is 5.73 Å². The first-order valence-electron chi connectivity index (χ1n) is 7.18. The predicted octanol–water partition coefficient (Wildman–Crippen LogP) is 4.03. The highest BCUT2D eigenvalue weighted by Crippen LogP contribution is 2.35. The number of fused-ring (bicyclic) bond motifs is 3. The molecule has 0 fully saturated rings. The van der Waals surface area contributed by atoms with Gasteiger partial charge >= 0.3 is 6.18 Å². The minimum absolute atomic E-state index is 0.0541. The molecule has 0 unspecified atom stereocenters. The lowest BCUT2D eigenvalue weighted by Gasteiger charge is -2.09. The Morgan fingerprint density at radius 2 is 1.80 bits per heavy atom. The second-order valence-electron chi connectivity index (χ2n) is 5.26. The zero-order valence-electron chi connectivity index (χ0n) is 12.5. The molecule has 4 rings (SSSR count). The van der Waals surface area contributed by atoms with E-state index in [1.165, 1.54) is 11.8 Å². The van der Waals surface area contributed by atoms with E-state index in [2.05, 4.69) is 15.2 Å². The molecule has 4 aromatic rings. The molecule has 2 aromatic heterocycles. The maximum absolute atomic E-state index is 13.3. The third-order valence-electron chi connectivity index (χ3n) is 3.53. The fourth-order valence-electron chi connectivity index (χ4n) is 2.50. The zero-order valence-corrected chi connectivity index (χ0v) is 13.3. The summed E-state index contributed by atoms with van der Waals surface area (Å²) in [5.74, 6) is -1.07. The van der Waals surface area contributed by atoms with Crippen LogP contribution < -0.4 is 5.73 Å². The lowest BCUT2D eigenvalue weighted by atomic mass is 10.3. The number of benzene rings is 2. The molecule has 0 amide bonds. The van der Waals surface area contributed by atoms with E-state index in [9.17, 15) is 13.2 Å². The molecule has 0 atom stereocenters. The minimum atomic E-state index is -4.62. The molecule has 0 bridgehead atoms. The third kappa shape index (κ3) is 2.76. The van der Waals surface area contributed by atoms with E-state index in [1.54, 1.807) is 48.5 Å². The molecular weight excluding hydrogens is 351 g/mol. The number of halogens is 3. The second kappa shape index (κ2) is 5.62. The SMILES string of the molecule is Nc1cccc(Sc2nc3ccccc3n3c(C(F)(F)F)nnc23)c1. The van der Waals surface area contributed by atoms with Crippen molar-refractivity contribution in [1.29, 1.82) is 0 Å². The van der Waals surface area contributed by atoms with Crippen LogP contribution in [0.3, 0.4) is 0 Å². The van der Waals surface area contributed by atoms with Crippen molar-refractivity contribution >= 4 is 34.1 Å². The monoisotopic (exact) mass is 361 g/mol. The first-order valence-corrected chi connectivity index (χ1v) is 7.99. The molecular formula is C16H10F3N5S. The summed E-state index contributed by atoms with van der Waals surface area (Å²) in [6, 6.07) is 13.6. The number of nitrogens with zero attached hydrogens (tertiary/aromatic N) is 4. The van der Waals surface area contributed by atoms with E-state index in [0.717, 1.165) is 9.30 Å². The molecule has 0 spiro atoms. The van der Waals surface area contributed by atoms with Gasteiger partial charge in [0.1, 0.15) is 5.03 Å². The van der Waals surface area contributed by atoms with Crippen molar-refractivity contribution in [2.45, 2.75) is 16.1 Å². The Labute approximate surface area is 143 Å². The fourth-order valence-corrected chi connectivity index (χ4v) is 3.43. The molecule has 0 saturated carbocycles. The van der Waals surface area contributed by atoms with Crippen LogP contribution in [0, 0.1) is 0 Å². The smallest absolute Gasteiger partial charge is 0.399 e. The van der Waals surface area contributed by atoms with Crippen LogP contribution in [0.1, 0.15) is 5.82 Å². The van der Waals surface area contributed by atoms with Gasteiger partial charge in [-0.25, -0.2) is 4.98 Å². The largest absolute Gasteiger partial charge is 0.452 e. The summed E-state index contributed by atoms with van der Waals surface area (Å²) in [5, 5.41) is 7.40. The number of anilines is 1. The quantitative estimate of drug-likeness (QED) is 0.546. The van der Waals surface area contributed by atoms with Gasteiger partial charge in [0.25, 0.3) is 0 Å². The first-order chi connectivity index (χ1) is 11.9. The number of hydrogen-bond acceptors (Lipinski definition) is 5. The summed E-state index contributed by atoms with van der Waals surface area (Å²) in [6.07, 6.45) is -4.62. The van der Waals surface area contributed by atoms with Gasteiger partial charge in [-0.1, -0.05) is 30.0 Å². The molecule has 9 heteroatoms. The second-order valence-corrected chi connectivity index (χ2v) is 6.32. The average Bonchev–Trinajstić information content (AvgIpc) is 3.01. The highest BCUT2D eigenvalue weighted by atomic mass is 32.2. The molecule has 2 heterocycles. The molecule has 0 radical (unpaired) electrons. The van der Waals surface area contributed by atoms with E-state index in [4.69, 9.17) is 5.73 Å². The summed E-state index contributed by atoms with van der Waals surface area (Å²) in [6.45, 7) is 0. The van der Waals surface area contributed by atoms with E-state index in [-0.39, 0.29) is 5.65 Å². The van der Waals surface area contributed by atoms with Crippen LogP contribution in [-0.2, 0) is 6.18 Å². The van der Waals surface area contributed by atoms with Crippen molar-refractivity contribution in [3.8, 4) is 0 Å². The van der Waals surface area contributed by atoms with Crippen LogP contribution >= 0.6 is 11.8 Å². The Kier molecular flexibility index (Phi) is 3.53. The summed E-state index contributed by atoms with van der Waals surface area (Å²) in [7, 11) is 0. The van der Waals surface area contributed by atoms with E-state index in [0.29, 0.717) is 21.7 Å². The Bertz CT molecular complexity index is 1090. The standard InChI is InChI=1S/C16H10F3N5S/c17-16(18,19)15-23-22-13-14(25-10-5-3-4-9(20)8-10)21-11-6-1-2-7-12(11)24(13)15/h1-8H,20H2. The van der Waals surface area contributed by atoms with Gasteiger partial charge in [0.2, 0.25) is 5.82 Å². The Balaban J connectivity index is 1.99. The third-order valence-corrected chi connectivity index (χ3v) is 4.48. The van der Waals surface area contributed by atoms with Crippen molar-refractivity contribution in [3.63, 3.8) is 0 Å². The minimum Gasteiger partial charge on any atom is -0.399 e. The fraction of sp³-hybridized carbons (Fsp3) is 0.0625. The van der Waals surface area contributed by atoms with Gasteiger partial charge in [-0.2, -0.15) is 13.2 Å². The first kappa shape index (κ1) is 15.7. The van der Waals surface area contributed by atoms with E-state index < -0.39 is 12.0 Å². The highest BCUT2D eigenvalue weighted by molar-refractivity contribution is 7.99. The average molecular weight is 361 g/mol. The van der Waals surface area contributed by atoms with Crippen LogP contribution in [0.25, 0.3) is 16.7 Å². The van der Waals surface area contributed by atoms with Crippen molar-refractivity contribution in [1.82, 2.24) is 19.6 Å². The van der Waals surface area contributed by atoms with Crippen LogP contribution in [0.15, 0.2) is 58.5 Å². The number of aromatic nitrogens is 4. The number of nitrogen functional groups attached to an aromatic ring is 1. The summed E-state index contributed by atoms with van der Waals surface area (Å²) >= 11 is 1.19. The van der Waals surface area contributed by atoms with Crippen molar-refractivity contribution in [2.24, 2.45) is 0 Å². The Hall–Kier alpha value is -2.81. The van der Waals surface area contributed by atoms with E-state index in [1.807, 2.05) is 0 Å². The molecule has 126 valence electrons. The summed E-state index contributed by atoms with van der Waals surface area (Å²) in [5.41, 5.74) is 7.09. The van der Waals surface area contributed by atoms with Gasteiger partial charge in [-0.3, -0.25) is 4.40 Å². The predicted molar refractivity (Wildman–Crippen MR) is 88.3 cm³/mol. The summed E-state index contributed by atoms with van der Waals surface area (Å²) < 4.78 is 41.0. The van der Waals surface area contributed by atoms with Gasteiger partial charge in [0, 0.05) is 10.6 Å². The van der Waals surface area contributed by atoms with Crippen LogP contribution in [-0.4, -0.2) is 19.6 Å². The van der Waals surface area contributed by atoms with Crippen molar-refractivity contribution in [3.05, 3.63) is 54.4 Å². The Morgan fingerprint density at radius 1 is 1.00 bits per heavy atom. The molecule has 0 saturated heterocycles. The van der Waals surface area contributed by atoms with Crippen LogP contribution in [0.4, 0.5) is 18.9 Å². The van der Waals surface area contributed by atoms with Gasteiger partial charge in [-0.15, -0.1) is 10.2 Å². The highest BCUT2D eigenvalue weighted by Gasteiger charge is 2.38. The van der Waals surface area contributed by atoms with Gasteiger partial charge in [0.05, 0.1) is 11.0 Å². The maximum atomic E-state index is 13.3. The number of hydrogen-bond donors (Lipinski definition) is 1. The zero-order chi connectivity index (χ0) is 17.6. The number of para-hydroxylation sites is 2. The maximum Gasteiger partial charge on any atom is 0.452 e. The number of alkyl halides is 3. The van der Waals surface area contributed by atoms with Crippen molar-refractivity contribution < 1.29 is 13.2 Å². The number of rotatable bonds is 2. The molecule has 0 aliphatic rings. The topological polar surface area (TPSA) is 69.1 Å². The molecule has 25 heavy (non-hydrogen) atoms. The van der Waals surface area contributed by atoms with Crippen LogP contribution in [0.2, 0.25) is 0 Å². The van der Waals surface area contributed by atoms with Gasteiger partial charge in [0.15, 0.2) is 5.65 Å². The normalized spacial score (nSPS) is 12.1. The lowest BCUT2D eigenvalue weighted by Crippen LogP contribution is -2.11. The van der Waals surface area contributed by atoms with E-state index >= 15 is 0 Å². The molecule has 2 N–H and O–H groups in total. The van der Waals surface area contributed by atoms with Crippen molar-refractivity contribution in [2.75, 3.05) is 5.73 Å². The van der Waals surface area contributed by atoms with Gasteiger partial charge in [-0.05, 0) is 30.3 Å². The Morgan fingerprint density at radius 3 is 2.56 bits per heavy atom. The molecule has 0 aliphatic carbocycles. The molecule has 0 aliphatic heterocycles. The molecule has 2 aromatic carbocycles. The summed E-state index contributed by atoms with van der Waals surface area (Å²) in [4.78, 5) is 5.21. The van der Waals surface area contributed by atoms with Crippen LogP contribution in [0.5, 0.6) is 0 Å².